The largest absolute Gasteiger partial charge is 0.480 e. The SMILES string of the molecule is CC(CCCCc1ccsc1NC(CO)C(=O)O)c1ccccc1. The average molecular weight is 347 g/mol. The first-order valence-electron chi connectivity index (χ1n) is 8.33. The number of rotatable bonds is 10. The lowest BCUT2D eigenvalue weighted by Crippen LogP contribution is -2.32. The molecule has 0 aliphatic carbocycles. The summed E-state index contributed by atoms with van der Waals surface area (Å²) in [6.45, 7) is 1.84. The topological polar surface area (TPSA) is 69.6 Å². The maximum atomic E-state index is 11.0. The monoisotopic (exact) mass is 347 g/mol. The molecule has 0 aliphatic heterocycles. The van der Waals surface area contributed by atoms with Crippen LogP contribution in [-0.2, 0) is 11.2 Å². The molecule has 2 unspecified atom stereocenters. The number of aliphatic carboxylic acids is 1. The van der Waals surface area contributed by atoms with E-state index in [2.05, 4.69) is 36.5 Å². The molecule has 2 aromatic rings. The van der Waals surface area contributed by atoms with Crippen molar-refractivity contribution in [2.24, 2.45) is 0 Å². The van der Waals surface area contributed by atoms with E-state index in [9.17, 15) is 4.79 Å². The zero-order valence-electron chi connectivity index (χ0n) is 13.9. The molecule has 1 aromatic carbocycles. The van der Waals surface area contributed by atoms with Crippen molar-refractivity contribution < 1.29 is 15.0 Å². The van der Waals surface area contributed by atoms with E-state index >= 15 is 0 Å². The van der Waals surface area contributed by atoms with Gasteiger partial charge in [0.25, 0.3) is 0 Å². The summed E-state index contributed by atoms with van der Waals surface area (Å²) in [5.74, 6) is -0.481. The van der Waals surface area contributed by atoms with Crippen molar-refractivity contribution in [3.63, 3.8) is 0 Å². The summed E-state index contributed by atoms with van der Waals surface area (Å²) in [6.07, 6.45) is 4.27. The van der Waals surface area contributed by atoms with E-state index in [1.807, 2.05) is 17.5 Å². The van der Waals surface area contributed by atoms with Gasteiger partial charge in [0, 0.05) is 0 Å². The zero-order chi connectivity index (χ0) is 17.4. The summed E-state index contributed by atoms with van der Waals surface area (Å²) in [4.78, 5) is 11.0. The molecule has 130 valence electrons. The highest BCUT2D eigenvalue weighted by molar-refractivity contribution is 7.14. The molecule has 2 atom stereocenters. The molecule has 0 aliphatic rings. The summed E-state index contributed by atoms with van der Waals surface area (Å²) >= 11 is 1.49. The minimum absolute atomic E-state index is 0.415. The summed E-state index contributed by atoms with van der Waals surface area (Å²) in [6, 6.07) is 11.6. The number of aryl methyl sites for hydroxylation is 1. The Labute approximate surface area is 147 Å². The number of benzene rings is 1. The van der Waals surface area contributed by atoms with Crippen LogP contribution in [0.3, 0.4) is 0 Å². The van der Waals surface area contributed by atoms with Gasteiger partial charge in [-0.3, -0.25) is 0 Å². The Balaban J connectivity index is 1.79. The molecule has 1 heterocycles. The number of aliphatic hydroxyl groups is 1. The predicted molar refractivity (Wildman–Crippen MR) is 98.9 cm³/mol. The maximum absolute atomic E-state index is 11.0. The maximum Gasteiger partial charge on any atom is 0.328 e. The Kier molecular flexibility index (Phi) is 7.28. The van der Waals surface area contributed by atoms with E-state index in [0.29, 0.717) is 5.92 Å². The predicted octanol–water partition coefficient (Wildman–Crippen LogP) is 4.12. The van der Waals surface area contributed by atoms with Crippen molar-refractivity contribution in [2.75, 3.05) is 11.9 Å². The van der Waals surface area contributed by atoms with Gasteiger partial charge in [-0.05, 0) is 47.8 Å². The standard InChI is InChI=1S/C19H25NO3S/c1-14(15-8-3-2-4-9-15)7-5-6-10-16-11-12-24-18(16)20-17(13-21)19(22)23/h2-4,8-9,11-12,14,17,20-21H,5-7,10,13H2,1H3,(H,22,23). The van der Waals surface area contributed by atoms with E-state index in [1.165, 1.54) is 16.9 Å². The second-order valence-electron chi connectivity index (χ2n) is 6.05. The number of carboxylic acids is 1. The van der Waals surface area contributed by atoms with Crippen LogP contribution in [0.25, 0.3) is 0 Å². The average Bonchev–Trinajstić information content (AvgIpc) is 3.04. The number of aliphatic hydroxyl groups excluding tert-OH is 1. The van der Waals surface area contributed by atoms with Crippen LogP contribution in [0.4, 0.5) is 5.00 Å². The molecule has 4 nitrogen and oxygen atoms in total. The molecule has 0 saturated carbocycles. The van der Waals surface area contributed by atoms with Crippen LogP contribution in [0.15, 0.2) is 41.8 Å². The van der Waals surface area contributed by atoms with Crippen LogP contribution in [0.1, 0.15) is 43.2 Å². The first kappa shape index (κ1) is 18.5. The van der Waals surface area contributed by atoms with Crippen LogP contribution in [0, 0.1) is 0 Å². The number of hydrogen-bond donors (Lipinski definition) is 3. The van der Waals surface area contributed by atoms with Gasteiger partial charge in [-0.15, -0.1) is 11.3 Å². The molecule has 1 aromatic heterocycles. The molecule has 3 N–H and O–H groups in total. The summed E-state index contributed by atoms with van der Waals surface area (Å²) in [5, 5.41) is 23.9. The number of hydrogen-bond acceptors (Lipinski definition) is 4. The Morgan fingerprint density at radius 1 is 1.21 bits per heavy atom. The van der Waals surface area contributed by atoms with Gasteiger partial charge in [-0.25, -0.2) is 4.79 Å². The highest BCUT2D eigenvalue weighted by Crippen LogP contribution is 2.27. The summed E-state index contributed by atoms with van der Waals surface area (Å²) < 4.78 is 0. The fourth-order valence-electron chi connectivity index (χ4n) is 2.72. The lowest BCUT2D eigenvalue weighted by Gasteiger charge is -2.14. The van der Waals surface area contributed by atoms with Gasteiger partial charge in [0.2, 0.25) is 0 Å². The molecule has 0 fully saturated rings. The Bertz CT molecular complexity index is 627. The van der Waals surface area contributed by atoms with E-state index in [-0.39, 0.29) is 0 Å². The van der Waals surface area contributed by atoms with Gasteiger partial charge in [-0.2, -0.15) is 0 Å². The molecule has 0 spiro atoms. The third kappa shape index (κ3) is 5.35. The van der Waals surface area contributed by atoms with Crippen molar-refractivity contribution in [1.29, 1.82) is 0 Å². The number of thiophene rings is 1. The number of unbranched alkanes of at least 4 members (excludes halogenated alkanes) is 1. The summed E-state index contributed by atoms with van der Waals surface area (Å²) in [7, 11) is 0. The lowest BCUT2D eigenvalue weighted by molar-refractivity contribution is -0.138. The van der Waals surface area contributed by atoms with Gasteiger partial charge >= 0.3 is 5.97 Å². The first-order valence-corrected chi connectivity index (χ1v) is 9.21. The molecule has 0 saturated heterocycles. The van der Waals surface area contributed by atoms with Crippen LogP contribution in [0.5, 0.6) is 0 Å². The van der Waals surface area contributed by atoms with Crippen molar-refractivity contribution in [3.8, 4) is 0 Å². The van der Waals surface area contributed by atoms with Crippen molar-refractivity contribution in [1.82, 2.24) is 0 Å². The smallest absolute Gasteiger partial charge is 0.328 e. The molecule has 0 radical (unpaired) electrons. The molecule has 2 rings (SSSR count). The molecular weight excluding hydrogens is 322 g/mol. The molecular formula is C19H25NO3S. The highest BCUT2D eigenvalue weighted by Gasteiger charge is 2.17. The fraction of sp³-hybridized carbons (Fsp3) is 0.421. The second-order valence-corrected chi connectivity index (χ2v) is 6.97. The summed E-state index contributed by atoms with van der Waals surface area (Å²) in [5.41, 5.74) is 2.51. The molecule has 0 bridgehead atoms. The lowest BCUT2D eigenvalue weighted by atomic mass is 9.95. The van der Waals surface area contributed by atoms with Crippen LogP contribution in [-0.4, -0.2) is 28.8 Å². The quantitative estimate of drug-likeness (QED) is 0.565. The van der Waals surface area contributed by atoms with Gasteiger partial charge in [0.15, 0.2) is 0 Å². The Morgan fingerprint density at radius 3 is 2.62 bits per heavy atom. The van der Waals surface area contributed by atoms with Gasteiger partial charge < -0.3 is 15.5 Å². The van der Waals surface area contributed by atoms with Crippen molar-refractivity contribution in [3.05, 3.63) is 52.9 Å². The van der Waals surface area contributed by atoms with Gasteiger partial charge in [-0.1, -0.05) is 43.7 Å². The van der Waals surface area contributed by atoms with Crippen LogP contribution >= 0.6 is 11.3 Å². The van der Waals surface area contributed by atoms with Gasteiger partial charge in [0.05, 0.1) is 11.6 Å². The third-order valence-corrected chi connectivity index (χ3v) is 5.12. The number of nitrogens with one attached hydrogen (secondary N) is 1. The van der Waals surface area contributed by atoms with E-state index in [0.717, 1.165) is 36.2 Å². The van der Waals surface area contributed by atoms with E-state index in [1.54, 1.807) is 0 Å². The third-order valence-electron chi connectivity index (χ3n) is 4.23. The minimum Gasteiger partial charge on any atom is -0.480 e. The highest BCUT2D eigenvalue weighted by atomic mass is 32.1. The molecule has 5 heteroatoms. The van der Waals surface area contributed by atoms with Crippen molar-refractivity contribution in [2.45, 2.75) is 44.6 Å². The molecule has 24 heavy (non-hydrogen) atoms. The van der Waals surface area contributed by atoms with E-state index in [4.69, 9.17) is 10.2 Å². The van der Waals surface area contributed by atoms with Gasteiger partial charge in [0.1, 0.15) is 6.04 Å². The van der Waals surface area contributed by atoms with Crippen LogP contribution < -0.4 is 5.32 Å². The fourth-order valence-corrected chi connectivity index (χ4v) is 3.62. The Hall–Kier alpha value is -1.85. The first-order chi connectivity index (χ1) is 11.6. The minimum atomic E-state index is -1.03. The number of carbonyl (C=O) groups is 1. The zero-order valence-corrected chi connectivity index (χ0v) is 14.8. The van der Waals surface area contributed by atoms with E-state index < -0.39 is 18.6 Å². The van der Waals surface area contributed by atoms with Crippen molar-refractivity contribution >= 4 is 22.3 Å². The molecule has 0 amide bonds. The number of anilines is 1. The second kappa shape index (κ2) is 9.45. The Morgan fingerprint density at radius 2 is 1.96 bits per heavy atom. The van der Waals surface area contributed by atoms with Crippen LogP contribution in [0.2, 0.25) is 0 Å². The normalized spacial score (nSPS) is 13.4. The number of carboxylic acid groups (broad SMARTS) is 1.